The molecule has 0 aromatic carbocycles. The minimum atomic E-state index is -0.189. The molecule has 1 atom stereocenters. The Morgan fingerprint density at radius 3 is 2.94 bits per heavy atom. The van der Waals surface area contributed by atoms with E-state index in [4.69, 9.17) is 10.5 Å². The molecule has 17 heavy (non-hydrogen) atoms. The molecule has 0 radical (unpaired) electrons. The Morgan fingerprint density at radius 2 is 2.41 bits per heavy atom. The van der Waals surface area contributed by atoms with Gasteiger partial charge in [-0.2, -0.15) is 0 Å². The smallest absolute Gasteiger partial charge is 0.222 e. The highest BCUT2D eigenvalue weighted by Gasteiger charge is 2.10. The number of nitrogens with two attached hydrogens (primary N) is 1. The summed E-state index contributed by atoms with van der Waals surface area (Å²) < 4.78 is 6.16. The number of carbonyl (C=O) groups excluding carboxylic acids is 1. The van der Waals surface area contributed by atoms with Crippen LogP contribution >= 0.6 is 27.3 Å². The summed E-state index contributed by atoms with van der Waals surface area (Å²) in [7, 11) is 1.56. The quantitative estimate of drug-likeness (QED) is 0.800. The normalized spacial score (nSPS) is 12.4. The number of rotatable bonds is 7. The molecule has 6 heteroatoms. The fourth-order valence-corrected chi connectivity index (χ4v) is 2.84. The number of nitrogens with one attached hydrogen (secondary N) is 1. The Labute approximate surface area is 114 Å². The minimum Gasteiger partial charge on any atom is -0.380 e. The Hall–Kier alpha value is -0.430. The average molecular weight is 321 g/mol. The van der Waals surface area contributed by atoms with Crippen LogP contribution in [0.5, 0.6) is 0 Å². The molecule has 0 bridgehead atoms. The van der Waals surface area contributed by atoms with Crippen LogP contribution in [0.2, 0.25) is 0 Å². The van der Waals surface area contributed by atoms with Gasteiger partial charge < -0.3 is 15.8 Å². The maximum atomic E-state index is 11.5. The van der Waals surface area contributed by atoms with Crippen molar-refractivity contribution in [3.63, 3.8) is 0 Å². The van der Waals surface area contributed by atoms with Gasteiger partial charge in [0.1, 0.15) is 0 Å². The predicted octanol–water partition coefficient (Wildman–Crippen LogP) is 1.53. The molecule has 0 saturated carbocycles. The molecule has 96 valence electrons. The highest BCUT2D eigenvalue weighted by molar-refractivity contribution is 9.11. The molecule has 1 heterocycles. The van der Waals surface area contributed by atoms with Crippen molar-refractivity contribution < 1.29 is 9.53 Å². The first-order valence-corrected chi connectivity index (χ1v) is 7.00. The zero-order valence-corrected chi connectivity index (χ0v) is 12.1. The monoisotopic (exact) mass is 320 g/mol. The first-order chi connectivity index (χ1) is 8.15. The molecule has 1 rings (SSSR count). The average Bonchev–Trinajstić information content (AvgIpc) is 2.72. The van der Waals surface area contributed by atoms with Crippen LogP contribution in [0.3, 0.4) is 0 Å². The largest absolute Gasteiger partial charge is 0.380 e. The molecule has 3 N–H and O–H groups in total. The molecule has 1 aromatic heterocycles. The van der Waals surface area contributed by atoms with E-state index >= 15 is 0 Å². The van der Waals surface area contributed by atoms with Crippen LogP contribution in [-0.2, 0) is 16.0 Å². The van der Waals surface area contributed by atoms with E-state index < -0.39 is 0 Å². The Bertz CT molecular complexity index is 353. The molecule has 1 aromatic rings. The first kappa shape index (κ1) is 14.6. The third-order valence-electron chi connectivity index (χ3n) is 2.33. The second-order valence-corrected chi connectivity index (χ2v) is 6.15. The molecule has 0 fully saturated rings. The fourth-order valence-electron chi connectivity index (χ4n) is 1.35. The maximum Gasteiger partial charge on any atom is 0.222 e. The Kier molecular flexibility index (Phi) is 6.72. The van der Waals surface area contributed by atoms with E-state index in [9.17, 15) is 4.79 Å². The summed E-state index contributed by atoms with van der Waals surface area (Å²) >= 11 is 5.09. The topological polar surface area (TPSA) is 64.3 Å². The van der Waals surface area contributed by atoms with E-state index in [-0.39, 0.29) is 12.0 Å². The van der Waals surface area contributed by atoms with E-state index in [2.05, 4.69) is 27.3 Å². The molecule has 0 saturated heterocycles. The molecule has 4 nitrogen and oxygen atoms in total. The highest BCUT2D eigenvalue weighted by Crippen LogP contribution is 2.21. The number of hydrogen-bond donors (Lipinski definition) is 2. The zero-order valence-electron chi connectivity index (χ0n) is 9.74. The van der Waals surface area contributed by atoms with Gasteiger partial charge in [0.2, 0.25) is 5.91 Å². The van der Waals surface area contributed by atoms with Crippen LogP contribution in [0.4, 0.5) is 0 Å². The number of amides is 1. The van der Waals surface area contributed by atoms with Gasteiger partial charge in [-0.3, -0.25) is 4.79 Å². The molecule has 0 aliphatic heterocycles. The van der Waals surface area contributed by atoms with E-state index in [0.29, 0.717) is 19.5 Å². The van der Waals surface area contributed by atoms with Gasteiger partial charge in [0, 0.05) is 25.1 Å². The van der Waals surface area contributed by atoms with Crippen LogP contribution in [0.15, 0.2) is 15.9 Å². The van der Waals surface area contributed by atoms with Crippen molar-refractivity contribution in [2.75, 3.05) is 20.2 Å². The number of halogens is 1. The van der Waals surface area contributed by atoms with Crippen molar-refractivity contribution >= 4 is 33.2 Å². The van der Waals surface area contributed by atoms with Gasteiger partial charge in [-0.1, -0.05) is 0 Å². The summed E-state index contributed by atoms with van der Waals surface area (Å²) in [4.78, 5) is 12.8. The van der Waals surface area contributed by atoms with Crippen LogP contribution in [0, 0.1) is 0 Å². The van der Waals surface area contributed by atoms with Gasteiger partial charge in [0.05, 0.1) is 16.3 Å². The van der Waals surface area contributed by atoms with Crippen LogP contribution in [-0.4, -0.2) is 32.2 Å². The molecule has 0 spiro atoms. The molecular formula is C11H17BrN2O2S. The number of thiophene rings is 1. The zero-order chi connectivity index (χ0) is 12.7. The second kappa shape index (κ2) is 7.81. The lowest BCUT2D eigenvalue weighted by atomic mass is 10.2. The second-order valence-electron chi connectivity index (χ2n) is 3.60. The van der Waals surface area contributed by atoms with Gasteiger partial charge in [0.15, 0.2) is 0 Å². The highest BCUT2D eigenvalue weighted by atomic mass is 79.9. The summed E-state index contributed by atoms with van der Waals surface area (Å²) in [6, 6.07) is 4.07. The van der Waals surface area contributed by atoms with E-state index in [1.807, 2.05) is 6.07 Å². The molecule has 1 amide bonds. The Balaban J connectivity index is 2.20. The molecule has 0 aliphatic rings. The third kappa shape index (κ3) is 5.63. The number of hydrogen-bond acceptors (Lipinski definition) is 4. The molecule has 0 aliphatic carbocycles. The maximum absolute atomic E-state index is 11.5. The predicted molar refractivity (Wildman–Crippen MR) is 73.2 cm³/mol. The van der Waals surface area contributed by atoms with Crippen molar-refractivity contribution in [3.8, 4) is 0 Å². The van der Waals surface area contributed by atoms with Crippen molar-refractivity contribution in [2.45, 2.75) is 18.9 Å². The van der Waals surface area contributed by atoms with Crippen LogP contribution < -0.4 is 11.1 Å². The van der Waals surface area contributed by atoms with Crippen molar-refractivity contribution in [1.29, 1.82) is 0 Å². The summed E-state index contributed by atoms with van der Waals surface area (Å²) in [5.74, 6) is -0.0158. The van der Waals surface area contributed by atoms with E-state index in [1.165, 1.54) is 4.88 Å². The van der Waals surface area contributed by atoms with Gasteiger partial charge in [-0.15, -0.1) is 11.3 Å². The summed E-state index contributed by atoms with van der Waals surface area (Å²) in [6.45, 7) is 1.01. The van der Waals surface area contributed by atoms with E-state index in [1.54, 1.807) is 18.4 Å². The van der Waals surface area contributed by atoms with Crippen LogP contribution in [0.1, 0.15) is 11.3 Å². The minimum absolute atomic E-state index is 0.0158. The van der Waals surface area contributed by atoms with Gasteiger partial charge >= 0.3 is 0 Å². The number of carbonyl (C=O) groups is 1. The van der Waals surface area contributed by atoms with Crippen molar-refractivity contribution in [3.05, 3.63) is 20.8 Å². The van der Waals surface area contributed by atoms with Gasteiger partial charge in [0.25, 0.3) is 0 Å². The number of methoxy groups -OCH3 is 1. The summed E-state index contributed by atoms with van der Waals surface area (Å²) in [5.41, 5.74) is 5.45. The van der Waals surface area contributed by atoms with Crippen molar-refractivity contribution in [1.82, 2.24) is 5.32 Å². The van der Waals surface area contributed by atoms with Gasteiger partial charge in [-0.25, -0.2) is 0 Å². The van der Waals surface area contributed by atoms with Gasteiger partial charge in [-0.05, 0) is 34.5 Å². The molecular weight excluding hydrogens is 304 g/mol. The number of ether oxygens (including phenoxy) is 1. The SMILES string of the molecule is COC(CN)CC(=O)NCCc1ccc(Br)s1. The van der Waals surface area contributed by atoms with E-state index in [0.717, 1.165) is 10.2 Å². The fraction of sp³-hybridized carbons (Fsp3) is 0.545. The Morgan fingerprint density at radius 1 is 1.65 bits per heavy atom. The lowest BCUT2D eigenvalue weighted by molar-refractivity contribution is -0.123. The lowest BCUT2D eigenvalue weighted by Crippen LogP contribution is -2.33. The molecule has 1 unspecified atom stereocenters. The lowest BCUT2D eigenvalue weighted by Gasteiger charge is -2.12. The van der Waals surface area contributed by atoms with Crippen LogP contribution in [0.25, 0.3) is 0 Å². The summed E-state index contributed by atoms with van der Waals surface area (Å²) in [6.07, 6.45) is 0.981. The standard InChI is InChI=1S/C11H17BrN2O2S/c1-16-8(7-13)6-11(15)14-5-4-9-2-3-10(12)17-9/h2-3,8H,4-7,13H2,1H3,(H,14,15). The summed E-state index contributed by atoms with van der Waals surface area (Å²) in [5, 5.41) is 2.86. The first-order valence-electron chi connectivity index (χ1n) is 5.39. The van der Waals surface area contributed by atoms with Crippen molar-refractivity contribution in [2.24, 2.45) is 5.73 Å². The third-order valence-corrected chi connectivity index (χ3v) is 4.02.